The zero-order valence-corrected chi connectivity index (χ0v) is 24.1. The first-order chi connectivity index (χ1) is 18.4. The molecule has 1 amide bonds. The molecule has 0 unspecified atom stereocenters. The minimum absolute atomic E-state index is 0.0130. The van der Waals surface area contributed by atoms with Crippen molar-refractivity contribution in [2.75, 3.05) is 45.1 Å². The van der Waals surface area contributed by atoms with Crippen molar-refractivity contribution in [3.05, 3.63) is 88.9 Å². The second kappa shape index (κ2) is 12.2. The van der Waals surface area contributed by atoms with E-state index in [1.54, 1.807) is 0 Å². The van der Waals surface area contributed by atoms with Gasteiger partial charge < -0.3 is 10.2 Å². The molecule has 1 saturated heterocycles. The van der Waals surface area contributed by atoms with Gasteiger partial charge in [-0.3, -0.25) is 4.79 Å². The molecule has 208 valence electrons. The molecule has 0 saturated carbocycles. The molecule has 1 aliphatic heterocycles. The lowest BCUT2D eigenvalue weighted by atomic mass is 10.1. The number of carbonyl (C=O) groups excluding carboxylic acids is 1. The highest BCUT2D eigenvalue weighted by molar-refractivity contribution is 7.89. The van der Waals surface area contributed by atoms with Gasteiger partial charge in [0.2, 0.25) is 26.0 Å². The monoisotopic (exact) mass is 590 g/mol. The summed E-state index contributed by atoms with van der Waals surface area (Å²) in [5.74, 6) is -0.561. The molecule has 3 aromatic carbocycles. The van der Waals surface area contributed by atoms with E-state index in [1.807, 2.05) is 38.2 Å². The van der Waals surface area contributed by atoms with Gasteiger partial charge in [-0.15, -0.1) is 0 Å². The molecule has 12 heteroatoms. The second-order valence-corrected chi connectivity index (χ2v) is 13.8. The molecule has 4 rings (SSSR count). The molecule has 1 aliphatic rings. The van der Waals surface area contributed by atoms with E-state index < -0.39 is 32.5 Å². The Balaban J connectivity index is 1.49. The van der Waals surface area contributed by atoms with Gasteiger partial charge in [0.1, 0.15) is 0 Å². The van der Waals surface area contributed by atoms with Crippen LogP contribution in [0.4, 0.5) is 5.69 Å². The largest absolute Gasteiger partial charge is 0.325 e. The van der Waals surface area contributed by atoms with E-state index in [0.717, 1.165) is 15.4 Å². The predicted molar refractivity (Wildman–Crippen MR) is 152 cm³/mol. The summed E-state index contributed by atoms with van der Waals surface area (Å²) in [6.45, 7) is 3.62. The number of hydrogen-bond acceptors (Lipinski definition) is 6. The predicted octanol–water partition coefficient (Wildman–Crippen LogP) is 3.41. The molecule has 39 heavy (non-hydrogen) atoms. The van der Waals surface area contributed by atoms with Crippen LogP contribution in [0.5, 0.6) is 0 Å². The zero-order chi connectivity index (χ0) is 28.2. The van der Waals surface area contributed by atoms with Gasteiger partial charge in [-0.2, -0.15) is 8.61 Å². The molecule has 1 heterocycles. The summed E-state index contributed by atoms with van der Waals surface area (Å²) in [6, 6.07) is 19.0. The number of anilines is 1. The number of amides is 1. The molecule has 1 N–H and O–H groups in total. The van der Waals surface area contributed by atoms with E-state index >= 15 is 0 Å². The van der Waals surface area contributed by atoms with Crippen LogP contribution in [0.15, 0.2) is 82.6 Å². The third-order valence-corrected chi connectivity index (χ3v) is 10.5. The SMILES string of the molecule is Cc1ccc(CN(CC(=O)Nc2ccc(S(=O)(=O)N3CCN(C)CC3)cc2)S(=O)(=O)c2ccc(Cl)cc2)cc1. The number of rotatable bonds is 9. The topological polar surface area (TPSA) is 107 Å². The molecule has 3 aromatic rings. The lowest BCUT2D eigenvalue weighted by Gasteiger charge is -2.31. The molecule has 0 atom stereocenters. The average Bonchev–Trinajstić information content (AvgIpc) is 2.90. The molecule has 0 radical (unpaired) electrons. The highest BCUT2D eigenvalue weighted by Crippen LogP contribution is 2.22. The van der Waals surface area contributed by atoms with Crippen molar-refractivity contribution < 1.29 is 21.6 Å². The van der Waals surface area contributed by atoms with Crippen molar-refractivity contribution >= 4 is 43.2 Å². The lowest BCUT2D eigenvalue weighted by Crippen LogP contribution is -2.46. The fourth-order valence-corrected chi connectivity index (χ4v) is 7.06. The van der Waals surface area contributed by atoms with Crippen LogP contribution in [0.25, 0.3) is 0 Å². The van der Waals surface area contributed by atoms with Crippen molar-refractivity contribution in [1.82, 2.24) is 13.5 Å². The van der Waals surface area contributed by atoms with E-state index in [1.165, 1.54) is 52.8 Å². The van der Waals surface area contributed by atoms with Crippen molar-refractivity contribution in [1.29, 1.82) is 0 Å². The van der Waals surface area contributed by atoms with Gasteiger partial charge in [-0.05, 0) is 68.1 Å². The van der Waals surface area contributed by atoms with E-state index in [-0.39, 0.29) is 16.3 Å². The van der Waals surface area contributed by atoms with Crippen LogP contribution in [0.1, 0.15) is 11.1 Å². The van der Waals surface area contributed by atoms with Crippen molar-refractivity contribution in [3.8, 4) is 0 Å². The standard InChI is InChI=1S/C27H31ClN4O5S2/c1-21-3-5-22(6-4-21)19-32(39(36,37)25-11-7-23(28)8-12-25)20-27(33)29-24-9-13-26(14-10-24)38(34,35)31-17-15-30(2)16-18-31/h3-14H,15-20H2,1-2H3,(H,29,33). The third-order valence-electron chi connectivity index (χ3n) is 6.49. The van der Waals surface area contributed by atoms with E-state index in [2.05, 4.69) is 10.2 Å². The van der Waals surface area contributed by atoms with Crippen LogP contribution in [0, 0.1) is 6.92 Å². The van der Waals surface area contributed by atoms with Crippen LogP contribution in [-0.4, -0.2) is 76.0 Å². The summed E-state index contributed by atoms with van der Waals surface area (Å²) < 4.78 is 55.4. The van der Waals surface area contributed by atoms with Gasteiger partial charge in [0.25, 0.3) is 0 Å². The average molecular weight is 591 g/mol. The van der Waals surface area contributed by atoms with Gasteiger partial charge in [-0.25, -0.2) is 16.8 Å². The normalized spacial score (nSPS) is 15.4. The number of nitrogens with zero attached hydrogens (tertiary/aromatic N) is 3. The third kappa shape index (κ3) is 7.24. The first-order valence-electron chi connectivity index (χ1n) is 12.3. The second-order valence-electron chi connectivity index (χ2n) is 9.49. The Morgan fingerprint density at radius 1 is 0.846 bits per heavy atom. The molecular formula is C27H31ClN4O5S2. The highest BCUT2D eigenvalue weighted by atomic mass is 35.5. The summed E-state index contributed by atoms with van der Waals surface area (Å²) in [5, 5.41) is 3.08. The Morgan fingerprint density at radius 2 is 1.41 bits per heavy atom. The number of halogens is 1. The van der Waals surface area contributed by atoms with Crippen LogP contribution < -0.4 is 5.32 Å². The summed E-state index contributed by atoms with van der Waals surface area (Å²) in [4.78, 5) is 15.2. The van der Waals surface area contributed by atoms with Gasteiger partial charge in [0, 0.05) is 43.4 Å². The first kappa shape index (κ1) is 29.2. The number of hydrogen-bond donors (Lipinski definition) is 1. The Labute approximate surface area is 235 Å². The Hall–Kier alpha value is -2.80. The molecule has 0 aliphatic carbocycles. The minimum Gasteiger partial charge on any atom is -0.325 e. The molecule has 1 fully saturated rings. The maximum Gasteiger partial charge on any atom is 0.243 e. The van der Waals surface area contributed by atoms with Crippen LogP contribution in [0.2, 0.25) is 5.02 Å². The number of likely N-dealkylation sites (N-methyl/N-ethyl adjacent to an activating group) is 1. The molecule has 0 spiro atoms. The Bertz CT molecular complexity index is 1500. The fraction of sp³-hybridized carbons (Fsp3) is 0.296. The lowest BCUT2D eigenvalue weighted by molar-refractivity contribution is -0.116. The smallest absolute Gasteiger partial charge is 0.243 e. The summed E-state index contributed by atoms with van der Waals surface area (Å²) >= 11 is 5.93. The van der Waals surface area contributed by atoms with E-state index in [0.29, 0.717) is 36.9 Å². The van der Waals surface area contributed by atoms with Crippen LogP contribution in [-0.2, 0) is 31.4 Å². The van der Waals surface area contributed by atoms with Crippen molar-refractivity contribution in [2.24, 2.45) is 0 Å². The number of sulfonamides is 2. The van der Waals surface area contributed by atoms with Crippen LogP contribution >= 0.6 is 11.6 Å². The van der Waals surface area contributed by atoms with Crippen molar-refractivity contribution in [2.45, 2.75) is 23.3 Å². The Morgan fingerprint density at radius 3 is 2.00 bits per heavy atom. The zero-order valence-electron chi connectivity index (χ0n) is 21.7. The Kier molecular flexibility index (Phi) is 9.10. The maximum atomic E-state index is 13.5. The van der Waals surface area contributed by atoms with E-state index in [4.69, 9.17) is 11.6 Å². The summed E-state index contributed by atoms with van der Waals surface area (Å²) in [6.07, 6.45) is 0. The fourth-order valence-electron chi connectivity index (χ4n) is 4.13. The molecule has 0 aromatic heterocycles. The highest BCUT2D eigenvalue weighted by Gasteiger charge is 2.29. The van der Waals surface area contributed by atoms with Crippen molar-refractivity contribution in [3.63, 3.8) is 0 Å². The summed E-state index contributed by atoms with van der Waals surface area (Å²) in [5.41, 5.74) is 2.11. The van der Waals surface area contributed by atoms with Gasteiger partial charge >= 0.3 is 0 Å². The molecule has 0 bridgehead atoms. The van der Waals surface area contributed by atoms with E-state index in [9.17, 15) is 21.6 Å². The number of carbonyl (C=O) groups is 1. The van der Waals surface area contributed by atoms with Gasteiger partial charge in [0.05, 0.1) is 16.3 Å². The molecular weight excluding hydrogens is 560 g/mol. The number of aryl methyl sites for hydroxylation is 1. The molecule has 9 nitrogen and oxygen atoms in total. The number of nitrogens with one attached hydrogen (secondary N) is 1. The van der Waals surface area contributed by atoms with Crippen LogP contribution in [0.3, 0.4) is 0 Å². The number of piperazine rings is 1. The quantitative estimate of drug-likeness (QED) is 0.409. The maximum absolute atomic E-state index is 13.5. The number of benzene rings is 3. The first-order valence-corrected chi connectivity index (χ1v) is 15.6. The van der Waals surface area contributed by atoms with Gasteiger partial charge in [0.15, 0.2) is 0 Å². The van der Waals surface area contributed by atoms with Gasteiger partial charge in [-0.1, -0.05) is 41.4 Å². The minimum atomic E-state index is -4.03. The summed E-state index contributed by atoms with van der Waals surface area (Å²) in [7, 11) is -5.73.